The Morgan fingerprint density at radius 2 is 0.540 bits per heavy atom. The van der Waals surface area contributed by atoms with Crippen LogP contribution in [-0.4, -0.2) is 13.0 Å². The first-order valence-corrected chi connectivity index (χ1v) is 30.2. The summed E-state index contributed by atoms with van der Waals surface area (Å²) in [5.41, 5.74) is 0.714. The lowest BCUT2D eigenvalue weighted by Crippen LogP contribution is -2.49. The van der Waals surface area contributed by atoms with Crippen LogP contribution < -0.4 is 5.32 Å². The summed E-state index contributed by atoms with van der Waals surface area (Å²) in [4.78, 5) is 12.1. The highest BCUT2D eigenvalue weighted by Gasteiger charge is 2.52. The third-order valence-electron chi connectivity index (χ3n) is 16.2. The zero-order chi connectivity index (χ0) is 46.1. The van der Waals surface area contributed by atoms with Crippen molar-refractivity contribution in [2.45, 2.75) is 363 Å². The molecule has 1 N–H and O–H groups in total. The van der Waals surface area contributed by atoms with Gasteiger partial charge in [0.25, 0.3) is 0 Å². The SMILES string of the molecule is CCCCCCCCCCC(CCCCC)C(CCCCCCCCCC)(CCCCCCCCCC)C(CCCCCCCCCC)(CCCCCCCCCC)CCNC=O. The van der Waals surface area contributed by atoms with E-state index in [1.807, 2.05) is 0 Å². The third kappa shape index (κ3) is 34.4. The minimum absolute atomic E-state index is 0.326. The van der Waals surface area contributed by atoms with Crippen molar-refractivity contribution in [1.29, 1.82) is 0 Å². The second kappa shape index (κ2) is 49.4. The largest absolute Gasteiger partial charge is 0.359 e. The number of amides is 1. The van der Waals surface area contributed by atoms with E-state index in [0.717, 1.165) is 18.9 Å². The van der Waals surface area contributed by atoms with Crippen LogP contribution >= 0.6 is 0 Å². The molecule has 0 spiro atoms. The molecule has 2 heteroatoms. The summed E-state index contributed by atoms with van der Waals surface area (Å²) in [5, 5.41) is 3.33. The minimum atomic E-state index is 0.326. The normalized spacial score (nSPS) is 12.7. The van der Waals surface area contributed by atoms with E-state index in [1.165, 1.54) is 321 Å². The highest BCUT2D eigenvalue weighted by molar-refractivity contribution is 5.45. The van der Waals surface area contributed by atoms with Crippen LogP contribution in [0.3, 0.4) is 0 Å². The predicted molar refractivity (Wildman–Crippen MR) is 287 cm³/mol. The first-order valence-electron chi connectivity index (χ1n) is 30.2. The molecular weight excluding hydrogens is 763 g/mol. The average molecular weight is 887 g/mol. The molecule has 1 unspecified atom stereocenters. The number of nitrogens with one attached hydrogen (secondary N) is 1. The fourth-order valence-electron chi connectivity index (χ4n) is 12.2. The van der Waals surface area contributed by atoms with Gasteiger partial charge in [-0.3, -0.25) is 4.79 Å². The molecular formula is C61H123NO. The predicted octanol–water partition coefficient (Wildman–Crippen LogP) is 21.9. The van der Waals surface area contributed by atoms with Gasteiger partial charge in [-0.1, -0.05) is 318 Å². The van der Waals surface area contributed by atoms with Crippen molar-refractivity contribution in [3.8, 4) is 0 Å². The Morgan fingerprint density at radius 3 is 0.841 bits per heavy atom. The van der Waals surface area contributed by atoms with E-state index < -0.39 is 0 Å². The van der Waals surface area contributed by atoms with Gasteiger partial charge in [0.05, 0.1) is 0 Å². The summed E-state index contributed by atoms with van der Waals surface area (Å²) < 4.78 is 0. The van der Waals surface area contributed by atoms with Crippen LogP contribution in [0.4, 0.5) is 0 Å². The van der Waals surface area contributed by atoms with Crippen molar-refractivity contribution in [3.05, 3.63) is 0 Å². The number of carbonyl (C=O) groups is 1. The smallest absolute Gasteiger partial charge is 0.207 e. The first kappa shape index (κ1) is 62.5. The highest BCUT2D eigenvalue weighted by Crippen LogP contribution is 2.61. The van der Waals surface area contributed by atoms with Gasteiger partial charge in [0.1, 0.15) is 0 Å². The molecule has 0 aliphatic heterocycles. The molecule has 1 amide bonds. The van der Waals surface area contributed by atoms with Crippen LogP contribution in [0.5, 0.6) is 0 Å². The summed E-state index contributed by atoms with van der Waals surface area (Å²) in [7, 11) is 0. The maximum Gasteiger partial charge on any atom is 0.207 e. The molecule has 0 aliphatic rings. The zero-order valence-corrected chi connectivity index (χ0v) is 45.1. The molecule has 0 rings (SSSR count). The van der Waals surface area contributed by atoms with Crippen molar-refractivity contribution < 1.29 is 4.79 Å². The minimum Gasteiger partial charge on any atom is -0.359 e. The van der Waals surface area contributed by atoms with Crippen molar-refractivity contribution >= 4 is 6.41 Å². The molecule has 0 saturated carbocycles. The van der Waals surface area contributed by atoms with Crippen molar-refractivity contribution in [1.82, 2.24) is 5.32 Å². The molecule has 0 radical (unpaired) electrons. The van der Waals surface area contributed by atoms with Gasteiger partial charge in [-0.2, -0.15) is 0 Å². The Labute approximate surface area is 400 Å². The molecule has 1 atom stereocenters. The molecule has 0 aliphatic carbocycles. The number of hydrogen-bond donors (Lipinski definition) is 1. The summed E-state index contributed by atoms with van der Waals surface area (Å²) in [5.74, 6) is 0.831. The van der Waals surface area contributed by atoms with Gasteiger partial charge in [0.2, 0.25) is 6.41 Å². The van der Waals surface area contributed by atoms with Gasteiger partial charge in [-0.15, -0.1) is 0 Å². The van der Waals surface area contributed by atoms with E-state index >= 15 is 0 Å². The Morgan fingerprint density at radius 1 is 0.302 bits per heavy atom. The highest BCUT2D eigenvalue weighted by atomic mass is 16.1. The fourth-order valence-corrected chi connectivity index (χ4v) is 12.2. The number of rotatable bonds is 55. The maximum absolute atomic E-state index is 12.1. The van der Waals surface area contributed by atoms with Gasteiger partial charge in [-0.05, 0) is 61.7 Å². The standard InChI is InChI=1S/C61H123NO/c1-7-13-19-24-29-34-39-45-51-59(50-44-18-12-6)61(54-48-42-37-32-27-22-16-10-4,55-49-43-38-33-28-23-17-11-5)60(56-57-62-58-63,52-46-40-35-30-25-20-14-8-2)53-47-41-36-31-26-21-15-9-3/h58-59H,7-57H2,1-6H3,(H,62,63). The van der Waals surface area contributed by atoms with E-state index in [9.17, 15) is 4.79 Å². The van der Waals surface area contributed by atoms with Gasteiger partial charge in [0.15, 0.2) is 0 Å². The maximum atomic E-state index is 12.1. The van der Waals surface area contributed by atoms with Crippen LogP contribution in [0.2, 0.25) is 0 Å². The fraction of sp³-hybridized carbons (Fsp3) is 0.984. The molecule has 63 heavy (non-hydrogen) atoms. The van der Waals surface area contributed by atoms with Crippen LogP contribution in [0.15, 0.2) is 0 Å². The lowest BCUT2D eigenvalue weighted by molar-refractivity contribution is -0.110. The lowest BCUT2D eigenvalue weighted by atomic mass is 9.48. The average Bonchev–Trinajstić information content (AvgIpc) is 3.29. The number of carbonyl (C=O) groups excluding carboxylic acids is 1. The van der Waals surface area contributed by atoms with Crippen molar-refractivity contribution in [3.63, 3.8) is 0 Å². The summed E-state index contributed by atoms with van der Waals surface area (Å²) in [6.45, 7) is 15.1. The van der Waals surface area contributed by atoms with E-state index in [0.29, 0.717) is 10.8 Å². The van der Waals surface area contributed by atoms with Gasteiger partial charge in [-0.25, -0.2) is 0 Å². The molecule has 0 aromatic carbocycles. The quantitative estimate of drug-likeness (QED) is 0.0478. The summed E-state index contributed by atoms with van der Waals surface area (Å²) in [6.07, 6.45) is 71.8. The second-order valence-electron chi connectivity index (χ2n) is 21.6. The molecule has 0 bridgehead atoms. The van der Waals surface area contributed by atoms with Gasteiger partial charge >= 0.3 is 0 Å². The van der Waals surface area contributed by atoms with E-state index in [1.54, 1.807) is 0 Å². The first-order chi connectivity index (χ1) is 31.1. The van der Waals surface area contributed by atoms with Gasteiger partial charge in [0, 0.05) is 6.54 Å². The summed E-state index contributed by atoms with van der Waals surface area (Å²) in [6, 6.07) is 0. The zero-order valence-electron chi connectivity index (χ0n) is 45.1. The Balaban J connectivity index is 7.13. The molecule has 0 saturated heterocycles. The molecule has 0 aromatic heterocycles. The monoisotopic (exact) mass is 886 g/mol. The van der Waals surface area contributed by atoms with E-state index in [4.69, 9.17) is 0 Å². The van der Waals surface area contributed by atoms with Crippen LogP contribution in [-0.2, 0) is 4.79 Å². The topological polar surface area (TPSA) is 29.1 Å². The van der Waals surface area contributed by atoms with Crippen LogP contribution in [0.25, 0.3) is 0 Å². The van der Waals surface area contributed by atoms with E-state index in [-0.39, 0.29) is 0 Å². The van der Waals surface area contributed by atoms with E-state index in [2.05, 4.69) is 46.9 Å². The van der Waals surface area contributed by atoms with Crippen molar-refractivity contribution in [2.75, 3.05) is 6.54 Å². The van der Waals surface area contributed by atoms with Crippen LogP contribution in [0.1, 0.15) is 363 Å². The number of unbranched alkanes of at least 4 members (excludes halogenated alkanes) is 37. The Hall–Kier alpha value is -0.530. The molecule has 0 aromatic rings. The Bertz CT molecular complexity index is 827. The molecule has 0 heterocycles. The Kier molecular flexibility index (Phi) is 49.0. The lowest BCUT2D eigenvalue weighted by Gasteiger charge is -2.57. The molecule has 0 fully saturated rings. The molecule has 2 nitrogen and oxygen atoms in total. The third-order valence-corrected chi connectivity index (χ3v) is 16.2. The van der Waals surface area contributed by atoms with Crippen molar-refractivity contribution in [2.24, 2.45) is 16.7 Å². The molecule has 378 valence electrons. The summed E-state index contributed by atoms with van der Waals surface area (Å²) >= 11 is 0. The number of hydrogen-bond acceptors (Lipinski definition) is 1. The van der Waals surface area contributed by atoms with Crippen LogP contribution in [0, 0.1) is 16.7 Å². The second-order valence-corrected chi connectivity index (χ2v) is 21.6. The van der Waals surface area contributed by atoms with Gasteiger partial charge < -0.3 is 5.32 Å².